The van der Waals surface area contributed by atoms with Crippen LogP contribution in [-0.2, 0) is 11.2 Å². The highest BCUT2D eigenvalue weighted by atomic mass is 16.1. The minimum Gasteiger partial charge on any atom is -0.309 e. The number of nitrogens with one attached hydrogen (secondary N) is 1. The van der Waals surface area contributed by atoms with Gasteiger partial charge < -0.3 is 5.32 Å². The van der Waals surface area contributed by atoms with Gasteiger partial charge in [-0.05, 0) is 12.3 Å². The van der Waals surface area contributed by atoms with Crippen molar-refractivity contribution < 1.29 is 4.79 Å². The lowest BCUT2D eigenvalue weighted by molar-refractivity contribution is -0.114. The summed E-state index contributed by atoms with van der Waals surface area (Å²) in [5.74, 6) is 0.880. The lowest BCUT2D eigenvalue weighted by Crippen LogP contribution is -2.12. The average molecular weight is 269 g/mol. The van der Waals surface area contributed by atoms with E-state index in [4.69, 9.17) is 0 Å². The molecule has 1 aromatic carbocycles. The van der Waals surface area contributed by atoms with Crippen LogP contribution in [0.1, 0.15) is 26.5 Å². The van der Waals surface area contributed by atoms with Crippen LogP contribution in [0.2, 0.25) is 0 Å². The lowest BCUT2D eigenvalue weighted by Gasteiger charge is -2.12. The number of aromatic nitrogens is 2. The number of rotatable bonds is 4. The number of carbonyl (C=O) groups is 1. The Balaban J connectivity index is 2.40. The van der Waals surface area contributed by atoms with E-state index in [1.54, 1.807) is 6.20 Å². The lowest BCUT2D eigenvalue weighted by atomic mass is 10.1. The second-order valence-electron chi connectivity index (χ2n) is 5.20. The van der Waals surface area contributed by atoms with E-state index in [0.29, 0.717) is 11.7 Å². The third-order valence-corrected chi connectivity index (χ3v) is 2.81. The van der Waals surface area contributed by atoms with E-state index in [9.17, 15) is 4.79 Å². The first kappa shape index (κ1) is 14.2. The van der Waals surface area contributed by atoms with Crippen LogP contribution in [0.4, 0.5) is 5.82 Å². The van der Waals surface area contributed by atoms with Crippen molar-refractivity contribution in [3.05, 3.63) is 42.2 Å². The van der Waals surface area contributed by atoms with E-state index in [2.05, 4.69) is 29.1 Å². The fourth-order valence-electron chi connectivity index (χ4n) is 1.98. The van der Waals surface area contributed by atoms with E-state index in [0.717, 1.165) is 23.4 Å². The van der Waals surface area contributed by atoms with E-state index in [1.807, 2.05) is 30.3 Å². The van der Waals surface area contributed by atoms with Gasteiger partial charge in [-0.2, -0.15) is 0 Å². The van der Waals surface area contributed by atoms with Crippen molar-refractivity contribution in [1.29, 1.82) is 0 Å². The summed E-state index contributed by atoms with van der Waals surface area (Å²) in [5, 5.41) is 2.74. The Morgan fingerprint density at radius 1 is 1.25 bits per heavy atom. The SMILES string of the molecule is CC(=O)Nc1ncc(-c2ccccc2)nc1CC(C)C. The molecule has 4 nitrogen and oxygen atoms in total. The fourth-order valence-corrected chi connectivity index (χ4v) is 1.98. The quantitative estimate of drug-likeness (QED) is 0.926. The molecule has 0 aliphatic carbocycles. The van der Waals surface area contributed by atoms with Gasteiger partial charge in [0.1, 0.15) is 0 Å². The van der Waals surface area contributed by atoms with Gasteiger partial charge >= 0.3 is 0 Å². The zero-order valence-electron chi connectivity index (χ0n) is 12.1. The van der Waals surface area contributed by atoms with Crippen molar-refractivity contribution in [2.75, 3.05) is 5.32 Å². The highest BCUT2D eigenvalue weighted by Gasteiger charge is 2.11. The van der Waals surface area contributed by atoms with Gasteiger partial charge in [-0.15, -0.1) is 0 Å². The summed E-state index contributed by atoms with van der Waals surface area (Å²) in [6, 6.07) is 9.92. The molecule has 0 radical (unpaired) electrons. The smallest absolute Gasteiger partial charge is 0.222 e. The van der Waals surface area contributed by atoms with Crippen LogP contribution in [0.3, 0.4) is 0 Å². The van der Waals surface area contributed by atoms with Gasteiger partial charge in [0.25, 0.3) is 0 Å². The Morgan fingerprint density at radius 3 is 2.55 bits per heavy atom. The molecule has 0 saturated heterocycles. The predicted octanol–water partition coefficient (Wildman–Crippen LogP) is 3.30. The largest absolute Gasteiger partial charge is 0.309 e. The van der Waals surface area contributed by atoms with Crippen LogP contribution in [0.5, 0.6) is 0 Å². The van der Waals surface area contributed by atoms with Gasteiger partial charge in [-0.1, -0.05) is 44.2 Å². The van der Waals surface area contributed by atoms with Crippen molar-refractivity contribution in [2.24, 2.45) is 5.92 Å². The summed E-state index contributed by atoms with van der Waals surface area (Å²) in [6.45, 7) is 5.72. The molecule has 0 unspecified atom stereocenters. The Bertz CT molecular complexity index is 594. The molecule has 0 aliphatic heterocycles. The van der Waals surface area contributed by atoms with Crippen LogP contribution < -0.4 is 5.32 Å². The fraction of sp³-hybridized carbons (Fsp3) is 0.312. The highest BCUT2D eigenvalue weighted by molar-refractivity contribution is 5.88. The summed E-state index contributed by atoms with van der Waals surface area (Å²) < 4.78 is 0. The van der Waals surface area contributed by atoms with Gasteiger partial charge in [0.2, 0.25) is 5.91 Å². The van der Waals surface area contributed by atoms with Gasteiger partial charge in [-0.3, -0.25) is 4.79 Å². The molecule has 0 spiro atoms. The highest BCUT2D eigenvalue weighted by Crippen LogP contribution is 2.21. The molecule has 1 N–H and O–H groups in total. The molecule has 104 valence electrons. The Hall–Kier alpha value is -2.23. The second kappa shape index (κ2) is 6.28. The number of carbonyl (C=O) groups excluding carboxylic acids is 1. The molecule has 0 saturated carbocycles. The summed E-state index contributed by atoms with van der Waals surface area (Å²) in [5.41, 5.74) is 2.69. The molecule has 2 rings (SSSR count). The van der Waals surface area contributed by atoms with Crippen LogP contribution in [0.25, 0.3) is 11.3 Å². The first-order valence-corrected chi connectivity index (χ1v) is 6.75. The number of nitrogens with zero attached hydrogens (tertiary/aromatic N) is 2. The van der Waals surface area contributed by atoms with Gasteiger partial charge in [-0.25, -0.2) is 9.97 Å². The van der Waals surface area contributed by atoms with Crippen LogP contribution >= 0.6 is 0 Å². The van der Waals surface area contributed by atoms with Crippen molar-refractivity contribution in [3.63, 3.8) is 0 Å². The van der Waals surface area contributed by atoms with Crippen LogP contribution in [0, 0.1) is 5.92 Å². The molecule has 0 aliphatic rings. The summed E-state index contributed by atoms with van der Waals surface area (Å²) in [6.07, 6.45) is 2.48. The van der Waals surface area contributed by atoms with E-state index < -0.39 is 0 Å². The summed E-state index contributed by atoms with van der Waals surface area (Å²) >= 11 is 0. The third-order valence-electron chi connectivity index (χ3n) is 2.81. The monoisotopic (exact) mass is 269 g/mol. The maximum atomic E-state index is 11.2. The second-order valence-corrected chi connectivity index (χ2v) is 5.20. The number of hydrogen-bond acceptors (Lipinski definition) is 3. The standard InChI is InChI=1S/C16H19N3O/c1-11(2)9-14-16(18-12(3)20)17-10-15(19-14)13-7-5-4-6-8-13/h4-8,10-11H,9H2,1-3H3,(H,17,18,20). The number of hydrogen-bond donors (Lipinski definition) is 1. The Kier molecular flexibility index (Phi) is 4.45. The molecule has 1 amide bonds. The molecule has 0 atom stereocenters. The molecule has 2 aromatic rings. The van der Waals surface area contributed by atoms with Crippen LogP contribution in [-0.4, -0.2) is 15.9 Å². The van der Waals surface area contributed by atoms with Crippen molar-refractivity contribution in [1.82, 2.24) is 9.97 Å². The molecule has 1 heterocycles. The summed E-state index contributed by atoms with van der Waals surface area (Å²) in [7, 11) is 0. The average Bonchev–Trinajstić information content (AvgIpc) is 2.40. The maximum absolute atomic E-state index is 11.2. The number of benzene rings is 1. The third kappa shape index (κ3) is 3.63. The van der Waals surface area contributed by atoms with E-state index >= 15 is 0 Å². The van der Waals surface area contributed by atoms with Gasteiger partial charge in [0.15, 0.2) is 5.82 Å². The molecular weight excluding hydrogens is 250 g/mol. The zero-order chi connectivity index (χ0) is 14.5. The Morgan fingerprint density at radius 2 is 1.95 bits per heavy atom. The maximum Gasteiger partial charge on any atom is 0.222 e. The van der Waals surface area contributed by atoms with Crippen LogP contribution in [0.15, 0.2) is 36.5 Å². The normalized spacial score (nSPS) is 10.6. The molecule has 0 fully saturated rings. The number of amides is 1. The number of anilines is 1. The molecule has 1 aromatic heterocycles. The minimum atomic E-state index is -0.128. The van der Waals surface area contributed by atoms with E-state index in [1.165, 1.54) is 6.92 Å². The minimum absolute atomic E-state index is 0.128. The zero-order valence-corrected chi connectivity index (χ0v) is 12.1. The molecular formula is C16H19N3O. The first-order chi connectivity index (χ1) is 9.56. The molecule has 20 heavy (non-hydrogen) atoms. The first-order valence-electron chi connectivity index (χ1n) is 6.75. The molecule has 4 heteroatoms. The summed E-state index contributed by atoms with van der Waals surface area (Å²) in [4.78, 5) is 20.2. The van der Waals surface area contributed by atoms with Gasteiger partial charge in [0.05, 0.1) is 17.6 Å². The Labute approximate surface area is 119 Å². The molecule has 0 bridgehead atoms. The predicted molar refractivity (Wildman–Crippen MR) is 80.3 cm³/mol. The van der Waals surface area contributed by atoms with E-state index in [-0.39, 0.29) is 5.91 Å². The van der Waals surface area contributed by atoms with Gasteiger partial charge in [0, 0.05) is 12.5 Å². The van der Waals surface area contributed by atoms with Crippen molar-refractivity contribution >= 4 is 11.7 Å². The van der Waals surface area contributed by atoms with Crippen molar-refractivity contribution in [2.45, 2.75) is 27.2 Å². The van der Waals surface area contributed by atoms with Crippen molar-refractivity contribution in [3.8, 4) is 11.3 Å². The topological polar surface area (TPSA) is 54.9 Å².